The van der Waals surface area contributed by atoms with Gasteiger partial charge in [-0.3, -0.25) is 0 Å². The highest BCUT2D eigenvalue weighted by atomic mass is 15.1. The molecule has 1 atom stereocenters. The van der Waals surface area contributed by atoms with E-state index in [4.69, 9.17) is 5.73 Å². The van der Waals surface area contributed by atoms with E-state index in [1.54, 1.807) is 0 Å². The number of aryl methyl sites for hydroxylation is 1. The highest BCUT2D eigenvalue weighted by Crippen LogP contribution is 2.13. The molecule has 0 saturated heterocycles. The molecular weight excluding hydrogens is 172 g/mol. The summed E-state index contributed by atoms with van der Waals surface area (Å²) in [6.45, 7) is 5.13. The Balaban J connectivity index is 2.60. The van der Waals surface area contributed by atoms with Gasteiger partial charge in [0.25, 0.3) is 0 Å². The van der Waals surface area contributed by atoms with E-state index in [-0.39, 0.29) is 6.04 Å². The van der Waals surface area contributed by atoms with E-state index >= 15 is 0 Å². The maximum atomic E-state index is 5.90. The van der Waals surface area contributed by atoms with Crippen molar-refractivity contribution in [2.75, 3.05) is 18.5 Å². The number of nitrogens with two attached hydrogens (primary N) is 1. The molecule has 1 aromatic rings. The van der Waals surface area contributed by atoms with Crippen LogP contribution in [0.2, 0.25) is 0 Å². The fraction of sp³-hybridized carbons (Fsp3) is 0.500. The predicted octanol–water partition coefficient (Wildman–Crippen LogP) is 2.17. The molecule has 0 radical (unpaired) electrons. The lowest BCUT2D eigenvalue weighted by molar-refractivity contribution is 0.639. The lowest BCUT2D eigenvalue weighted by Gasteiger charge is -2.22. The molecule has 0 saturated carbocycles. The van der Waals surface area contributed by atoms with Crippen LogP contribution in [-0.2, 0) is 0 Å². The van der Waals surface area contributed by atoms with Gasteiger partial charge >= 0.3 is 0 Å². The first kappa shape index (κ1) is 11.1. The molecule has 0 bridgehead atoms. The van der Waals surface area contributed by atoms with Gasteiger partial charge in [-0.25, -0.2) is 0 Å². The number of hydrogen-bond acceptors (Lipinski definition) is 2. The molecule has 2 N–H and O–H groups in total. The maximum Gasteiger partial charge on any atom is 0.0364 e. The van der Waals surface area contributed by atoms with E-state index in [1.807, 2.05) is 0 Å². The summed E-state index contributed by atoms with van der Waals surface area (Å²) in [4.78, 5) is 2.20. The topological polar surface area (TPSA) is 29.3 Å². The van der Waals surface area contributed by atoms with E-state index in [0.29, 0.717) is 0 Å². The first-order valence-electron chi connectivity index (χ1n) is 5.17. The quantitative estimate of drug-likeness (QED) is 0.792. The Hall–Kier alpha value is -1.02. The van der Waals surface area contributed by atoms with Gasteiger partial charge in [-0.2, -0.15) is 0 Å². The van der Waals surface area contributed by atoms with Crippen molar-refractivity contribution in [1.29, 1.82) is 0 Å². The molecule has 0 amide bonds. The first-order valence-corrected chi connectivity index (χ1v) is 5.17. The third-order valence-corrected chi connectivity index (χ3v) is 2.51. The summed E-state index contributed by atoms with van der Waals surface area (Å²) in [6.07, 6.45) is 1.02. The summed E-state index contributed by atoms with van der Waals surface area (Å²) in [5, 5.41) is 0. The van der Waals surface area contributed by atoms with Crippen LogP contribution < -0.4 is 10.6 Å². The zero-order valence-corrected chi connectivity index (χ0v) is 9.33. The second kappa shape index (κ2) is 5.01. The minimum atomic E-state index is 0.265. The molecule has 0 aliphatic rings. The monoisotopic (exact) mass is 192 g/mol. The molecule has 14 heavy (non-hydrogen) atoms. The van der Waals surface area contributed by atoms with E-state index in [1.165, 1.54) is 11.3 Å². The van der Waals surface area contributed by atoms with Gasteiger partial charge in [0.1, 0.15) is 0 Å². The molecule has 78 valence electrons. The third kappa shape index (κ3) is 3.04. The third-order valence-electron chi connectivity index (χ3n) is 2.51. The van der Waals surface area contributed by atoms with Crippen LogP contribution in [-0.4, -0.2) is 19.6 Å². The van der Waals surface area contributed by atoms with Crippen molar-refractivity contribution in [3.63, 3.8) is 0 Å². The SMILES string of the molecule is CCC(N)CN(C)c1ccc(C)cc1. The van der Waals surface area contributed by atoms with Gasteiger partial charge < -0.3 is 10.6 Å². The van der Waals surface area contributed by atoms with Crippen molar-refractivity contribution < 1.29 is 0 Å². The molecule has 0 aromatic heterocycles. The molecule has 0 heterocycles. The van der Waals surface area contributed by atoms with Gasteiger partial charge in [0.05, 0.1) is 0 Å². The molecule has 0 aliphatic carbocycles. The van der Waals surface area contributed by atoms with Gasteiger partial charge in [0, 0.05) is 25.3 Å². The molecule has 1 rings (SSSR count). The van der Waals surface area contributed by atoms with Crippen molar-refractivity contribution in [3.05, 3.63) is 29.8 Å². The Labute approximate surface area is 86.7 Å². The van der Waals surface area contributed by atoms with Crippen molar-refractivity contribution in [2.45, 2.75) is 26.3 Å². The minimum Gasteiger partial charge on any atom is -0.373 e. The van der Waals surface area contributed by atoms with Crippen LogP contribution >= 0.6 is 0 Å². The smallest absolute Gasteiger partial charge is 0.0364 e. The fourth-order valence-corrected chi connectivity index (χ4v) is 1.39. The van der Waals surface area contributed by atoms with E-state index < -0.39 is 0 Å². The maximum absolute atomic E-state index is 5.90. The average molecular weight is 192 g/mol. The highest BCUT2D eigenvalue weighted by Gasteiger charge is 2.04. The largest absolute Gasteiger partial charge is 0.373 e. The predicted molar refractivity (Wildman–Crippen MR) is 62.7 cm³/mol. The standard InChI is InChI=1S/C12H20N2/c1-4-11(13)9-14(3)12-7-5-10(2)6-8-12/h5-8,11H,4,9,13H2,1-3H3. The van der Waals surface area contributed by atoms with Gasteiger partial charge in [0.15, 0.2) is 0 Å². The Morgan fingerprint density at radius 1 is 1.29 bits per heavy atom. The summed E-state index contributed by atoms with van der Waals surface area (Å²) in [7, 11) is 2.08. The Morgan fingerprint density at radius 3 is 2.36 bits per heavy atom. The van der Waals surface area contributed by atoms with Crippen molar-refractivity contribution >= 4 is 5.69 Å². The summed E-state index contributed by atoms with van der Waals surface area (Å²) in [5.74, 6) is 0. The van der Waals surface area contributed by atoms with Gasteiger partial charge in [-0.15, -0.1) is 0 Å². The molecule has 2 nitrogen and oxygen atoms in total. The molecule has 0 aliphatic heterocycles. The number of rotatable bonds is 4. The average Bonchev–Trinajstić information content (AvgIpc) is 2.18. The van der Waals surface area contributed by atoms with E-state index in [9.17, 15) is 0 Å². The first-order chi connectivity index (χ1) is 6.63. The summed E-state index contributed by atoms with van der Waals surface area (Å²) < 4.78 is 0. The van der Waals surface area contributed by atoms with Crippen LogP contribution in [0.4, 0.5) is 5.69 Å². The Bertz CT molecular complexity index is 266. The van der Waals surface area contributed by atoms with Crippen molar-refractivity contribution in [1.82, 2.24) is 0 Å². The Morgan fingerprint density at radius 2 is 1.86 bits per heavy atom. The number of likely N-dealkylation sites (N-methyl/N-ethyl adjacent to an activating group) is 1. The normalized spacial score (nSPS) is 12.6. The van der Waals surface area contributed by atoms with Crippen LogP contribution in [0.15, 0.2) is 24.3 Å². The minimum absolute atomic E-state index is 0.265. The lowest BCUT2D eigenvalue weighted by Crippen LogP contribution is -2.34. The second-order valence-corrected chi connectivity index (χ2v) is 3.88. The molecule has 0 fully saturated rings. The van der Waals surface area contributed by atoms with Crippen LogP contribution in [0, 0.1) is 6.92 Å². The van der Waals surface area contributed by atoms with Crippen LogP contribution in [0.5, 0.6) is 0 Å². The molecule has 0 spiro atoms. The number of benzene rings is 1. The number of nitrogens with zero attached hydrogens (tertiary/aromatic N) is 1. The summed E-state index contributed by atoms with van der Waals surface area (Å²) >= 11 is 0. The lowest BCUT2D eigenvalue weighted by atomic mass is 10.2. The molecule has 1 aromatic carbocycles. The number of anilines is 1. The van der Waals surface area contributed by atoms with Gasteiger partial charge in [-0.1, -0.05) is 24.6 Å². The fourth-order valence-electron chi connectivity index (χ4n) is 1.39. The van der Waals surface area contributed by atoms with Gasteiger partial charge in [-0.05, 0) is 25.5 Å². The highest BCUT2D eigenvalue weighted by molar-refractivity contribution is 5.46. The number of hydrogen-bond donors (Lipinski definition) is 1. The van der Waals surface area contributed by atoms with Gasteiger partial charge in [0.2, 0.25) is 0 Å². The summed E-state index contributed by atoms with van der Waals surface area (Å²) in [5.41, 5.74) is 8.43. The van der Waals surface area contributed by atoms with Crippen LogP contribution in [0.3, 0.4) is 0 Å². The summed E-state index contributed by atoms with van der Waals surface area (Å²) in [6, 6.07) is 8.79. The molecule has 2 heteroatoms. The van der Waals surface area contributed by atoms with Crippen LogP contribution in [0.25, 0.3) is 0 Å². The Kier molecular flexibility index (Phi) is 3.96. The second-order valence-electron chi connectivity index (χ2n) is 3.88. The zero-order valence-electron chi connectivity index (χ0n) is 9.33. The van der Waals surface area contributed by atoms with Crippen LogP contribution in [0.1, 0.15) is 18.9 Å². The molecule has 1 unspecified atom stereocenters. The van der Waals surface area contributed by atoms with Crippen molar-refractivity contribution in [2.24, 2.45) is 5.73 Å². The molecular formula is C12H20N2. The zero-order chi connectivity index (χ0) is 10.6. The van der Waals surface area contributed by atoms with E-state index in [2.05, 4.69) is 50.1 Å². The van der Waals surface area contributed by atoms with E-state index in [0.717, 1.165) is 13.0 Å². The van der Waals surface area contributed by atoms with Crippen molar-refractivity contribution in [3.8, 4) is 0 Å².